The highest BCUT2D eigenvalue weighted by atomic mass is 32.2. The Kier molecular flexibility index (Phi) is 3.51. The van der Waals surface area contributed by atoms with Gasteiger partial charge >= 0.3 is 11.7 Å². The number of H-pyrrole nitrogens is 1. The molecular formula is C9H10N4O4S. The van der Waals surface area contributed by atoms with Gasteiger partial charge in [-0.3, -0.25) is 4.57 Å². The van der Waals surface area contributed by atoms with Crippen LogP contribution in [-0.4, -0.2) is 30.8 Å². The molecule has 2 aromatic rings. The second-order valence-corrected chi connectivity index (χ2v) is 4.29. The van der Waals surface area contributed by atoms with Crippen molar-refractivity contribution >= 4 is 17.7 Å². The van der Waals surface area contributed by atoms with Gasteiger partial charge in [0.25, 0.3) is 5.22 Å². The summed E-state index contributed by atoms with van der Waals surface area (Å²) < 4.78 is 6.41. The van der Waals surface area contributed by atoms with Crippen LogP contribution in [-0.2, 0) is 6.54 Å². The molecule has 0 aliphatic rings. The molecule has 8 nitrogen and oxygen atoms in total. The van der Waals surface area contributed by atoms with Gasteiger partial charge in [0.1, 0.15) is 6.26 Å². The van der Waals surface area contributed by atoms with E-state index in [0.717, 1.165) is 24.4 Å². The van der Waals surface area contributed by atoms with Gasteiger partial charge in [-0.25, -0.2) is 14.7 Å². The van der Waals surface area contributed by atoms with Crippen LogP contribution in [0.5, 0.6) is 0 Å². The van der Waals surface area contributed by atoms with Crippen molar-refractivity contribution in [1.82, 2.24) is 19.7 Å². The van der Waals surface area contributed by atoms with Gasteiger partial charge in [-0.15, -0.1) is 5.10 Å². The van der Waals surface area contributed by atoms with Crippen LogP contribution < -0.4 is 5.69 Å². The third-order valence-corrected chi connectivity index (χ3v) is 2.91. The van der Waals surface area contributed by atoms with E-state index in [-0.39, 0.29) is 16.6 Å². The van der Waals surface area contributed by atoms with Crippen LogP contribution in [0.25, 0.3) is 0 Å². The zero-order chi connectivity index (χ0) is 13.1. The Bertz CT molecular complexity index is 614. The lowest BCUT2D eigenvalue weighted by molar-refractivity contribution is 0.0690. The van der Waals surface area contributed by atoms with E-state index < -0.39 is 5.97 Å². The van der Waals surface area contributed by atoms with Crippen LogP contribution in [0.1, 0.15) is 23.8 Å². The van der Waals surface area contributed by atoms with E-state index >= 15 is 0 Å². The number of nitrogens with one attached hydrogen (secondary N) is 1. The number of rotatable bonds is 5. The Morgan fingerprint density at radius 3 is 3.06 bits per heavy atom. The minimum Gasteiger partial charge on any atom is -0.476 e. The summed E-state index contributed by atoms with van der Waals surface area (Å²) in [5, 5.41) is 15.4. The van der Waals surface area contributed by atoms with Crippen molar-refractivity contribution < 1.29 is 14.3 Å². The summed E-state index contributed by atoms with van der Waals surface area (Å²) in [6.07, 6.45) is 1.82. The average Bonchev–Trinajstić information content (AvgIpc) is 2.91. The van der Waals surface area contributed by atoms with Crippen molar-refractivity contribution in [2.45, 2.75) is 30.3 Å². The van der Waals surface area contributed by atoms with Crippen LogP contribution >= 0.6 is 11.8 Å². The zero-order valence-electron chi connectivity index (χ0n) is 9.41. The molecule has 0 spiro atoms. The van der Waals surface area contributed by atoms with Crippen molar-refractivity contribution in [2.24, 2.45) is 0 Å². The summed E-state index contributed by atoms with van der Waals surface area (Å²) >= 11 is 0.993. The Hall–Kier alpha value is -2.03. The van der Waals surface area contributed by atoms with Gasteiger partial charge in [0.05, 0.1) is 0 Å². The highest BCUT2D eigenvalue weighted by Crippen LogP contribution is 2.24. The maximum absolute atomic E-state index is 11.4. The molecule has 2 N–H and O–H groups in total. The zero-order valence-corrected chi connectivity index (χ0v) is 10.2. The largest absolute Gasteiger partial charge is 0.476 e. The van der Waals surface area contributed by atoms with E-state index in [2.05, 4.69) is 15.2 Å². The average molecular weight is 270 g/mol. The van der Waals surface area contributed by atoms with Gasteiger partial charge in [0, 0.05) is 18.3 Å². The minimum atomic E-state index is -1.17. The first-order chi connectivity index (χ1) is 8.61. The van der Waals surface area contributed by atoms with E-state index in [9.17, 15) is 9.59 Å². The standard InChI is InChI=1S/C9H10N4O4S/c1-2-3-13-7(16)11-12-8(13)18-9-10-5(4-17-9)6(14)15/h4H,2-3H2,1H3,(H,11,16)(H,14,15). The normalized spacial score (nSPS) is 10.7. The molecule has 0 aromatic carbocycles. The predicted octanol–water partition coefficient (Wildman–Crippen LogP) is 0.819. The molecule has 0 saturated heterocycles. The predicted molar refractivity (Wildman–Crippen MR) is 60.7 cm³/mol. The molecule has 0 aliphatic carbocycles. The smallest absolute Gasteiger partial charge is 0.357 e. The van der Waals surface area contributed by atoms with E-state index in [0.29, 0.717) is 11.7 Å². The Balaban J connectivity index is 2.22. The SMILES string of the molecule is CCCn1c(Sc2nc(C(=O)O)co2)n[nH]c1=O. The molecular weight excluding hydrogens is 260 g/mol. The Labute approximate surface area is 105 Å². The van der Waals surface area contributed by atoms with E-state index in [4.69, 9.17) is 9.52 Å². The lowest BCUT2D eigenvalue weighted by Crippen LogP contribution is -2.17. The van der Waals surface area contributed by atoms with E-state index in [1.54, 1.807) is 0 Å². The molecule has 0 radical (unpaired) electrons. The molecule has 0 amide bonds. The topological polar surface area (TPSA) is 114 Å². The molecule has 18 heavy (non-hydrogen) atoms. The summed E-state index contributed by atoms with van der Waals surface area (Å²) in [5.41, 5.74) is -0.498. The third kappa shape index (κ3) is 2.45. The number of hydrogen-bond donors (Lipinski definition) is 2. The first-order valence-corrected chi connectivity index (χ1v) is 5.95. The van der Waals surface area contributed by atoms with E-state index in [1.165, 1.54) is 4.57 Å². The molecule has 0 fully saturated rings. The molecule has 2 rings (SSSR count). The monoisotopic (exact) mass is 270 g/mol. The van der Waals surface area contributed by atoms with Crippen LogP contribution in [0.3, 0.4) is 0 Å². The maximum atomic E-state index is 11.4. The third-order valence-electron chi connectivity index (χ3n) is 2.05. The Morgan fingerprint density at radius 2 is 2.44 bits per heavy atom. The number of carbonyl (C=O) groups is 1. The van der Waals surface area contributed by atoms with Crippen molar-refractivity contribution in [3.05, 3.63) is 22.4 Å². The van der Waals surface area contributed by atoms with Gasteiger partial charge in [-0.1, -0.05) is 6.92 Å². The first kappa shape index (κ1) is 12.4. The molecule has 96 valence electrons. The second-order valence-electron chi connectivity index (χ2n) is 3.37. The van der Waals surface area contributed by atoms with Crippen LogP contribution in [0.15, 0.2) is 25.9 Å². The number of carboxylic acids is 1. The summed E-state index contributed by atoms with van der Waals surface area (Å²) in [7, 11) is 0. The van der Waals surface area contributed by atoms with Gasteiger partial charge in [-0.2, -0.15) is 4.98 Å². The lowest BCUT2D eigenvalue weighted by atomic mass is 10.5. The fourth-order valence-electron chi connectivity index (χ4n) is 1.28. The van der Waals surface area contributed by atoms with Crippen molar-refractivity contribution in [2.75, 3.05) is 0 Å². The molecule has 0 aliphatic heterocycles. The van der Waals surface area contributed by atoms with Gasteiger partial charge in [0.15, 0.2) is 5.69 Å². The fraction of sp³-hybridized carbons (Fsp3) is 0.333. The number of aromatic carboxylic acids is 1. The summed E-state index contributed by atoms with van der Waals surface area (Å²) in [4.78, 5) is 25.8. The summed E-state index contributed by atoms with van der Waals surface area (Å²) in [5.74, 6) is -1.17. The minimum absolute atomic E-state index is 0.128. The number of aromatic nitrogens is 4. The highest BCUT2D eigenvalue weighted by molar-refractivity contribution is 7.98. The van der Waals surface area contributed by atoms with Crippen molar-refractivity contribution in [1.29, 1.82) is 0 Å². The van der Waals surface area contributed by atoms with Gasteiger partial charge in [-0.05, 0) is 6.42 Å². The number of hydrogen-bond acceptors (Lipinski definition) is 6. The molecule has 9 heteroatoms. The quantitative estimate of drug-likeness (QED) is 0.826. The maximum Gasteiger partial charge on any atom is 0.357 e. The van der Waals surface area contributed by atoms with Gasteiger partial charge in [0.2, 0.25) is 5.16 Å². The molecule has 0 atom stereocenters. The summed E-state index contributed by atoms with van der Waals surface area (Å²) in [6, 6.07) is 0. The highest BCUT2D eigenvalue weighted by Gasteiger charge is 2.15. The Morgan fingerprint density at radius 1 is 1.67 bits per heavy atom. The van der Waals surface area contributed by atoms with Crippen molar-refractivity contribution in [3.8, 4) is 0 Å². The first-order valence-electron chi connectivity index (χ1n) is 5.13. The van der Waals surface area contributed by atoms with Crippen LogP contribution in [0, 0.1) is 0 Å². The van der Waals surface area contributed by atoms with E-state index in [1.807, 2.05) is 6.92 Å². The molecule has 2 aromatic heterocycles. The molecule has 0 unspecified atom stereocenters. The van der Waals surface area contributed by atoms with Crippen LogP contribution in [0.4, 0.5) is 0 Å². The number of nitrogens with zero attached hydrogens (tertiary/aromatic N) is 3. The second kappa shape index (κ2) is 5.08. The molecule has 2 heterocycles. The fourth-order valence-corrected chi connectivity index (χ4v) is 2.05. The summed E-state index contributed by atoms with van der Waals surface area (Å²) in [6.45, 7) is 2.45. The molecule has 0 saturated carbocycles. The van der Waals surface area contributed by atoms with Gasteiger partial charge < -0.3 is 9.52 Å². The molecule has 0 bridgehead atoms. The van der Waals surface area contributed by atoms with Crippen molar-refractivity contribution in [3.63, 3.8) is 0 Å². The number of carboxylic acid groups (broad SMARTS) is 1. The number of oxazole rings is 1. The van der Waals surface area contributed by atoms with Crippen LogP contribution in [0.2, 0.25) is 0 Å². The lowest BCUT2D eigenvalue weighted by Gasteiger charge is -1.99. The number of aromatic amines is 1.